The van der Waals surface area contributed by atoms with E-state index in [1.165, 1.54) is 11.1 Å². The van der Waals surface area contributed by atoms with Crippen LogP contribution in [0.15, 0.2) is 42.5 Å². The highest BCUT2D eigenvalue weighted by Crippen LogP contribution is 2.21. The zero-order valence-electron chi connectivity index (χ0n) is 12.3. The van der Waals surface area contributed by atoms with Crippen molar-refractivity contribution in [3.8, 4) is 0 Å². The van der Waals surface area contributed by atoms with Crippen molar-refractivity contribution in [2.45, 2.75) is 26.3 Å². The molecule has 0 saturated carbocycles. The predicted octanol–water partition coefficient (Wildman–Crippen LogP) is 3.15. The molecule has 1 aliphatic rings. The summed E-state index contributed by atoms with van der Waals surface area (Å²) in [5.41, 5.74) is 5.30. The molecule has 3 nitrogen and oxygen atoms in total. The fourth-order valence-electron chi connectivity index (χ4n) is 2.88. The first-order valence-corrected chi connectivity index (χ1v) is 7.50. The molecule has 3 rings (SSSR count). The molecule has 0 radical (unpaired) electrons. The maximum absolute atomic E-state index is 12.6. The van der Waals surface area contributed by atoms with Gasteiger partial charge in [0.2, 0.25) is 0 Å². The smallest absolute Gasteiger partial charge is 0.255 e. The van der Waals surface area contributed by atoms with Crippen molar-refractivity contribution in [3.05, 3.63) is 64.7 Å². The maximum Gasteiger partial charge on any atom is 0.255 e. The van der Waals surface area contributed by atoms with Crippen LogP contribution in [0.5, 0.6) is 0 Å². The van der Waals surface area contributed by atoms with Gasteiger partial charge in [0.15, 0.2) is 0 Å². The van der Waals surface area contributed by atoms with E-state index in [1.807, 2.05) is 30.3 Å². The van der Waals surface area contributed by atoms with Gasteiger partial charge in [-0.3, -0.25) is 4.79 Å². The Morgan fingerprint density at radius 3 is 2.90 bits per heavy atom. The number of carbonyl (C=O) groups is 1. The number of amides is 1. The quantitative estimate of drug-likeness (QED) is 0.907. The van der Waals surface area contributed by atoms with E-state index in [2.05, 4.69) is 29.7 Å². The van der Waals surface area contributed by atoms with Crippen molar-refractivity contribution in [3.63, 3.8) is 0 Å². The first-order valence-electron chi connectivity index (χ1n) is 7.50. The summed E-state index contributed by atoms with van der Waals surface area (Å²) in [4.78, 5) is 12.6. The van der Waals surface area contributed by atoms with Crippen LogP contribution in [0.3, 0.4) is 0 Å². The molecule has 0 unspecified atom stereocenters. The molecule has 0 spiro atoms. The van der Waals surface area contributed by atoms with Gasteiger partial charge in [0, 0.05) is 17.8 Å². The van der Waals surface area contributed by atoms with Crippen LogP contribution in [0.2, 0.25) is 0 Å². The molecule has 108 valence electrons. The summed E-state index contributed by atoms with van der Waals surface area (Å²) < 4.78 is 0. The molecule has 0 aromatic heterocycles. The fourth-order valence-corrected chi connectivity index (χ4v) is 2.88. The Bertz CT molecular complexity index is 664. The van der Waals surface area contributed by atoms with Gasteiger partial charge in [0.05, 0.1) is 0 Å². The van der Waals surface area contributed by atoms with E-state index in [-0.39, 0.29) is 5.91 Å². The minimum atomic E-state index is -0.00495. The molecule has 1 amide bonds. The van der Waals surface area contributed by atoms with Crippen molar-refractivity contribution >= 4 is 11.6 Å². The number of nitrogens with one attached hydrogen (secondary N) is 2. The van der Waals surface area contributed by atoms with Crippen molar-refractivity contribution in [1.82, 2.24) is 5.32 Å². The van der Waals surface area contributed by atoms with Crippen molar-refractivity contribution < 1.29 is 4.79 Å². The number of benzene rings is 2. The molecular weight excluding hydrogens is 260 g/mol. The first-order chi connectivity index (χ1) is 10.3. The second-order valence-corrected chi connectivity index (χ2v) is 5.33. The van der Waals surface area contributed by atoms with Crippen LogP contribution in [-0.2, 0) is 19.4 Å². The van der Waals surface area contributed by atoms with E-state index in [4.69, 9.17) is 0 Å². The van der Waals surface area contributed by atoms with Gasteiger partial charge in [-0.05, 0) is 48.2 Å². The largest absolute Gasteiger partial charge is 0.322 e. The first kappa shape index (κ1) is 13.8. The Morgan fingerprint density at radius 1 is 1.19 bits per heavy atom. The number of fused-ring (bicyclic) bond motifs is 1. The Morgan fingerprint density at radius 2 is 2.05 bits per heavy atom. The van der Waals surface area contributed by atoms with Gasteiger partial charge in [0.1, 0.15) is 0 Å². The average Bonchev–Trinajstić information content (AvgIpc) is 2.54. The van der Waals surface area contributed by atoms with Crippen LogP contribution in [0.1, 0.15) is 34.0 Å². The molecular formula is C18H20N2O. The summed E-state index contributed by atoms with van der Waals surface area (Å²) in [5, 5.41) is 6.41. The number of anilines is 1. The van der Waals surface area contributed by atoms with Gasteiger partial charge in [-0.15, -0.1) is 0 Å². The highest BCUT2D eigenvalue weighted by atomic mass is 16.1. The average molecular weight is 280 g/mol. The van der Waals surface area contributed by atoms with Gasteiger partial charge in [-0.1, -0.05) is 37.3 Å². The molecule has 0 atom stereocenters. The summed E-state index contributed by atoms with van der Waals surface area (Å²) in [6, 6.07) is 14.0. The number of rotatable bonds is 3. The summed E-state index contributed by atoms with van der Waals surface area (Å²) in [6.45, 7) is 3.88. The van der Waals surface area contributed by atoms with Gasteiger partial charge in [0.25, 0.3) is 5.91 Å². The van der Waals surface area contributed by atoms with Crippen LogP contribution < -0.4 is 10.6 Å². The SMILES string of the molecule is CCc1ccccc1NC(=O)c1cccc2c1CCNC2. The molecule has 0 aliphatic carbocycles. The van der Waals surface area contributed by atoms with E-state index < -0.39 is 0 Å². The molecule has 21 heavy (non-hydrogen) atoms. The third-order valence-corrected chi connectivity index (χ3v) is 4.03. The number of aryl methyl sites for hydroxylation is 1. The predicted molar refractivity (Wildman–Crippen MR) is 85.6 cm³/mol. The number of para-hydroxylation sites is 1. The molecule has 2 aromatic rings. The third kappa shape index (κ3) is 2.83. The Balaban J connectivity index is 1.89. The molecule has 1 aliphatic heterocycles. The van der Waals surface area contributed by atoms with Gasteiger partial charge in [-0.25, -0.2) is 0 Å². The van der Waals surface area contributed by atoms with Crippen LogP contribution in [0.4, 0.5) is 5.69 Å². The van der Waals surface area contributed by atoms with Crippen molar-refractivity contribution in [1.29, 1.82) is 0 Å². The monoisotopic (exact) mass is 280 g/mol. The van der Waals surface area contributed by atoms with E-state index in [0.717, 1.165) is 42.7 Å². The molecule has 1 heterocycles. The molecule has 0 bridgehead atoms. The third-order valence-electron chi connectivity index (χ3n) is 4.03. The Hall–Kier alpha value is -2.13. The summed E-state index contributed by atoms with van der Waals surface area (Å²) in [6.07, 6.45) is 1.82. The van der Waals surface area contributed by atoms with Crippen LogP contribution in [-0.4, -0.2) is 12.5 Å². The van der Waals surface area contributed by atoms with Crippen LogP contribution >= 0.6 is 0 Å². The molecule has 2 aromatic carbocycles. The second kappa shape index (κ2) is 6.10. The lowest BCUT2D eigenvalue weighted by Gasteiger charge is -2.20. The Labute approximate surface area is 125 Å². The van der Waals surface area contributed by atoms with Crippen LogP contribution in [0.25, 0.3) is 0 Å². The molecule has 0 saturated heterocycles. The zero-order chi connectivity index (χ0) is 14.7. The van der Waals surface area contributed by atoms with E-state index in [9.17, 15) is 4.79 Å². The molecule has 3 heteroatoms. The van der Waals surface area contributed by atoms with Crippen molar-refractivity contribution in [2.75, 3.05) is 11.9 Å². The minimum Gasteiger partial charge on any atom is -0.322 e. The van der Waals surface area contributed by atoms with E-state index in [0.29, 0.717) is 0 Å². The number of carbonyl (C=O) groups excluding carboxylic acids is 1. The lowest BCUT2D eigenvalue weighted by molar-refractivity contribution is 0.102. The topological polar surface area (TPSA) is 41.1 Å². The fraction of sp³-hybridized carbons (Fsp3) is 0.278. The lowest BCUT2D eigenvalue weighted by Crippen LogP contribution is -2.26. The van der Waals surface area contributed by atoms with Gasteiger partial charge >= 0.3 is 0 Å². The summed E-state index contributed by atoms with van der Waals surface area (Å²) in [5.74, 6) is -0.00495. The summed E-state index contributed by atoms with van der Waals surface area (Å²) in [7, 11) is 0. The van der Waals surface area contributed by atoms with E-state index in [1.54, 1.807) is 0 Å². The van der Waals surface area contributed by atoms with Gasteiger partial charge in [-0.2, -0.15) is 0 Å². The molecule has 2 N–H and O–H groups in total. The maximum atomic E-state index is 12.6. The Kier molecular flexibility index (Phi) is 4.02. The van der Waals surface area contributed by atoms with Gasteiger partial charge < -0.3 is 10.6 Å². The normalized spacial score (nSPS) is 13.6. The second-order valence-electron chi connectivity index (χ2n) is 5.33. The van der Waals surface area contributed by atoms with E-state index >= 15 is 0 Å². The summed E-state index contributed by atoms with van der Waals surface area (Å²) >= 11 is 0. The highest BCUT2D eigenvalue weighted by molar-refractivity contribution is 6.05. The zero-order valence-corrected chi connectivity index (χ0v) is 12.3. The lowest BCUT2D eigenvalue weighted by atomic mass is 9.95. The molecule has 0 fully saturated rings. The minimum absolute atomic E-state index is 0.00495. The standard InChI is InChI=1S/C18H20N2O/c1-2-13-6-3-4-9-17(13)20-18(21)16-8-5-7-14-12-19-11-10-15(14)16/h3-9,19H,2,10-12H2,1H3,(H,20,21). The number of hydrogen-bond acceptors (Lipinski definition) is 2. The highest BCUT2D eigenvalue weighted by Gasteiger charge is 2.17. The van der Waals surface area contributed by atoms with Crippen molar-refractivity contribution in [2.24, 2.45) is 0 Å². The number of hydrogen-bond donors (Lipinski definition) is 2. The van der Waals surface area contributed by atoms with Crippen LogP contribution in [0, 0.1) is 0 Å².